The normalized spacial score (nSPS) is 24.6. The van der Waals surface area contributed by atoms with Gasteiger partial charge < -0.3 is 25.0 Å². The Bertz CT molecular complexity index is 1610. The van der Waals surface area contributed by atoms with E-state index in [1.807, 2.05) is 0 Å². The fourth-order valence-corrected chi connectivity index (χ4v) is 8.52. The maximum Gasteiger partial charge on any atom is 0.318 e. The summed E-state index contributed by atoms with van der Waals surface area (Å²) in [5.74, 6) is 3.26. The van der Waals surface area contributed by atoms with Crippen molar-refractivity contribution in [2.75, 3.05) is 49.1 Å². The van der Waals surface area contributed by atoms with Gasteiger partial charge >= 0.3 is 6.01 Å². The molecule has 6 aliphatic heterocycles. The Balaban J connectivity index is 1.19. The predicted molar refractivity (Wildman–Crippen MR) is 165 cm³/mol. The third-order valence-corrected chi connectivity index (χ3v) is 10.7. The fourth-order valence-electron chi connectivity index (χ4n) is 8.52. The zero-order valence-corrected chi connectivity index (χ0v) is 24.6. The van der Waals surface area contributed by atoms with Crippen LogP contribution in [0.15, 0.2) is 24.3 Å². The van der Waals surface area contributed by atoms with Crippen LogP contribution in [0.2, 0.25) is 0 Å². The molecule has 2 unspecified atom stereocenters. The molecular weight excluding hydrogens is 543 g/mol. The first-order chi connectivity index (χ1) is 21.0. The second-order valence-corrected chi connectivity index (χ2v) is 13.1. The Morgan fingerprint density at radius 3 is 2.81 bits per heavy atom. The second kappa shape index (κ2) is 10.5. The number of benzene rings is 2. The van der Waals surface area contributed by atoms with Gasteiger partial charge in [0.15, 0.2) is 0 Å². The number of hydrogen-bond acceptors (Lipinski definition) is 8. The number of nitrogens with one attached hydrogen (secondary N) is 1. The summed E-state index contributed by atoms with van der Waals surface area (Å²) in [5, 5.41) is 15.7. The minimum absolute atomic E-state index is 0.104. The first-order valence-corrected chi connectivity index (χ1v) is 16.0. The van der Waals surface area contributed by atoms with Crippen molar-refractivity contribution < 1.29 is 14.2 Å². The van der Waals surface area contributed by atoms with Crippen LogP contribution < -0.4 is 19.9 Å². The van der Waals surface area contributed by atoms with E-state index >= 15 is 0 Å². The zero-order valence-electron chi connectivity index (χ0n) is 24.6. The average molecular weight is 583 g/mol. The lowest BCUT2D eigenvalue weighted by Crippen LogP contribution is -2.55. The minimum atomic E-state index is -0.434. The zero-order chi connectivity index (χ0) is 29.1. The SMILES string of the molecule is C#Cc1c(F)ccc2cc(O)cc(N3CCc4c(nc(OCC56CCCN5CCC6)nc4N4CC5CCCC4CN5)C3)c12. The number of halogens is 1. The number of anilines is 2. The molecule has 1 aromatic heterocycles. The molecule has 9 rings (SSSR count). The van der Waals surface area contributed by atoms with Gasteiger partial charge in [-0.05, 0) is 82.0 Å². The van der Waals surface area contributed by atoms with Crippen LogP contribution in [0.1, 0.15) is 61.8 Å². The molecule has 0 saturated carbocycles. The Morgan fingerprint density at radius 1 is 1.12 bits per heavy atom. The van der Waals surface area contributed by atoms with E-state index in [2.05, 4.69) is 25.9 Å². The number of piperazine rings is 1. The van der Waals surface area contributed by atoms with Crippen molar-refractivity contribution in [3.05, 3.63) is 46.9 Å². The highest BCUT2D eigenvalue weighted by molar-refractivity contribution is 6.00. The quantitative estimate of drug-likeness (QED) is 0.430. The molecule has 2 atom stereocenters. The summed E-state index contributed by atoms with van der Waals surface area (Å²) in [6.45, 7) is 6.01. The standard InChI is InChI=1S/C34H39FN6O2/c1-2-26-28(35)9-8-22-16-25(42)17-30(31(22)26)39-15-10-27-29(20-39)37-33(43-21-34-11-4-13-40(34)14-5-12-34)38-32(27)41-19-23-6-3-7-24(41)18-36-23/h1,8-9,16-17,23-24,36,42H,3-7,10-15,18-21H2. The number of ether oxygens (including phenoxy) is 1. The van der Waals surface area contributed by atoms with Crippen LogP contribution in [0.25, 0.3) is 10.8 Å². The van der Waals surface area contributed by atoms with Crippen molar-refractivity contribution in [3.8, 4) is 24.1 Å². The summed E-state index contributed by atoms with van der Waals surface area (Å²) in [5.41, 5.74) is 3.15. The molecular formula is C34H39FN6O2. The number of nitrogens with zero attached hydrogens (tertiary/aromatic N) is 5. The molecule has 9 heteroatoms. The van der Waals surface area contributed by atoms with E-state index in [4.69, 9.17) is 21.1 Å². The van der Waals surface area contributed by atoms with Gasteiger partial charge in [0, 0.05) is 54.4 Å². The molecule has 0 aliphatic carbocycles. The van der Waals surface area contributed by atoms with Gasteiger partial charge in [0.1, 0.15) is 24.0 Å². The number of hydrogen-bond donors (Lipinski definition) is 2. The van der Waals surface area contributed by atoms with E-state index < -0.39 is 5.82 Å². The monoisotopic (exact) mass is 582 g/mol. The van der Waals surface area contributed by atoms with Gasteiger partial charge in [-0.3, -0.25) is 4.90 Å². The summed E-state index contributed by atoms with van der Waals surface area (Å²) in [7, 11) is 0. The first kappa shape index (κ1) is 27.0. The van der Waals surface area contributed by atoms with Crippen LogP contribution in [-0.4, -0.2) is 76.9 Å². The second-order valence-electron chi connectivity index (χ2n) is 13.1. The van der Waals surface area contributed by atoms with Gasteiger partial charge in [-0.1, -0.05) is 12.0 Å². The van der Waals surface area contributed by atoms with Crippen molar-refractivity contribution in [1.29, 1.82) is 0 Å². The lowest BCUT2D eigenvalue weighted by Gasteiger charge is -2.41. The molecule has 5 saturated heterocycles. The maximum absolute atomic E-state index is 14.9. The Kier molecular flexibility index (Phi) is 6.61. The van der Waals surface area contributed by atoms with Gasteiger partial charge in [0.05, 0.1) is 23.3 Å². The number of aromatic nitrogens is 2. The van der Waals surface area contributed by atoms with Crippen molar-refractivity contribution in [1.82, 2.24) is 20.2 Å². The molecule has 7 heterocycles. The smallest absolute Gasteiger partial charge is 0.318 e. The van der Waals surface area contributed by atoms with Crippen LogP contribution in [0.3, 0.4) is 0 Å². The van der Waals surface area contributed by atoms with Crippen LogP contribution in [0.4, 0.5) is 15.9 Å². The summed E-state index contributed by atoms with van der Waals surface area (Å²) in [4.78, 5) is 17.5. The van der Waals surface area contributed by atoms with Crippen molar-refractivity contribution in [2.24, 2.45) is 0 Å². The van der Waals surface area contributed by atoms with Crippen molar-refractivity contribution >= 4 is 22.3 Å². The fraction of sp³-hybridized carbons (Fsp3) is 0.529. The van der Waals surface area contributed by atoms with E-state index in [0.29, 0.717) is 48.6 Å². The highest BCUT2D eigenvalue weighted by Crippen LogP contribution is 2.41. The number of aromatic hydroxyl groups is 1. The van der Waals surface area contributed by atoms with E-state index in [9.17, 15) is 9.50 Å². The van der Waals surface area contributed by atoms with Gasteiger partial charge in [0.2, 0.25) is 0 Å². The van der Waals surface area contributed by atoms with Crippen LogP contribution in [0.5, 0.6) is 11.8 Å². The van der Waals surface area contributed by atoms with Crippen molar-refractivity contribution in [2.45, 2.75) is 75.5 Å². The molecule has 2 bridgehead atoms. The highest BCUT2D eigenvalue weighted by Gasteiger charge is 2.45. The Hall–Kier alpha value is -3.61. The number of fused-ring (bicyclic) bond motifs is 7. The molecule has 43 heavy (non-hydrogen) atoms. The third kappa shape index (κ3) is 4.58. The molecule has 224 valence electrons. The molecule has 2 aromatic carbocycles. The Morgan fingerprint density at radius 2 is 1.98 bits per heavy atom. The van der Waals surface area contributed by atoms with Gasteiger partial charge in [-0.2, -0.15) is 9.97 Å². The average Bonchev–Trinajstić information content (AvgIpc) is 3.44. The molecule has 6 aliphatic rings. The predicted octanol–water partition coefficient (Wildman–Crippen LogP) is 4.36. The molecule has 0 radical (unpaired) electrons. The lowest BCUT2D eigenvalue weighted by molar-refractivity contribution is 0.107. The van der Waals surface area contributed by atoms with Crippen LogP contribution in [0, 0.1) is 18.2 Å². The summed E-state index contributed by atoms with van der Waals surface area (Å²) in [6.07, 6.45) is 14.9. The molecule has 0 spiro atoms. The van der Waals surface area contributed by atoms with Gasteiger partial charge in [0.25, 0.3) is 0 Å². The van der Waals surface area contributed by atoms with E-state index in [1.54, 1.807) is 18.2 Å². The number of phenolic OH excluding ortho intramolecular Hbond substituents is 1. The maximum atomic E-state index is 14.9. The van der Waals surface area contributed by atoms with E-state index in [0.717, 1.165) is 56.2 Å². The van der Waals surface area contributed by atoms with Crippen LogP contribution >= 0.6 is 0 Å². The number of phenols is 1. The Labute approximate surface area is 252 Å². The van der Waals surface area contributed by atoms with Gasteiger partial charge in [-0.15, -0.1) is 6.42 Å². The minimum Gasteiger partial charge on any atom is -0.508 e. The number of terminal acetylenes is 1. The third-order valence-electron chi connectivity index (χ3n) is 10.7. The molecule has 8 nitrogen and oxygen atoms in total. The summed E-state index contributed by atoms with van der Waals surface area (Å²) < 4.78 is 21.4. The van der Waals surface area contributed by atoms with Crippen molar-refractivity contribution in [3.63, 3.8) is 0 Å². The lowest BCUT2D eigenvalue weighted by atomic mass is 9.95. The largest absolute Gasteiger partial charge is 0.508 e. The molecule has 2 N–H and O–H groups in total. The topological polar surface area (TPSA) is 77.0 Å². The summed E-state index contributed by atoms with van der Waals surface area (Å²) >= 11 is 0. The molecule has 3 aromatic rings. The number of rotatable bonds is 5. The van der Waals surface area contributed by atoms with E-state index in [-0.39, 0.29) is 16.9 Å². The first-order valence-electron chi connectivity index (χ1n) is 16.0. The van der Waals surface area contributed by atoms with E-state index in [1.165, 1.54) is 50.2 Å². The molecule has 0 amide bonds. The van der Waals surface area contributed by atoms with Gasteiger partial charge in [-0.25, -0.2) is 4.39 Å². The van der Waals surface area contributed by atoms with Crippen LogP contribution in [-0.2, 0) is 13.0 Å². The molecule has 5 fully saturated rings. The highest BCUT2D eigenvalue weighted by atomic mass is 19.1. The summed E-state index contributed by atoms with van der Waals surface area (Å²) in [6, 6.07) is 7.70.